The normalized spacial score (nSPS) is 28.7. The summed E-state index contributed by atoms with van der Waals surface area (Å²) >= 11 is 0. The molecule has 1 saturated heterocycles. The molecule has 1 aliphatic heterocycles. The summed E-state index contributed by atoms with van der Waals surface area (Å²) in [6.45, 7) is 4.56. The summed E-state index contributed by atoms with van der Waals surface area (Å²) in [5.41, 5.74) is 0. The van der Waals surface area contributed by atoms with Gasteiger partial charge >= 0.3 is 0 Å². The van der Waals surface area contributed by atoms with Gasteiger partial charge in [-0.15, -0.1) is 0 Å². The lowest BCUT2D eigenvalue weighted by Crippen LogP contribution is -2.31. The van der Waals surface area contributed by atoms with Crippen LogP contribution in [0.2, 0.25) is 0 Å². The molecule has 2 unspecified atom stereocenters. The fraction of sp³-hybridized carbons (Fsp3) is 1.00. The summed E-state index contributed by atoms with van der Waals surface area (Å²) in [6, 6.07) is 0.671. The van der Waals surface area contributed by atoms with Gasteiger partial charge in [-0.05, 0) is 57.9 Å². The molecule has 0 aromatic heterocycles. The molecule has 16 heavy (non-hydrogen) atoms. The monoisotopic (exact) mass is 225 g/mol. The Morgan fingerprint density at radius 3 is 2.69 bits per heavy atom. The van der Waals surface area contributed by atoms with E-state index in [1.165, 1.54) is 57.9 Å². The molecular formula is C14H27NO. The number of rotatable bonds is 6. The van der Waals surface area contributed by atoms with Crippen LogP contribution in [0.25, 0.3) is 0 Å². The van der Waals surface area contributed by atoms with E-state index in [4.69, 9.17) is 4.74 Å². The van der Waals surface area contributed by atoms with Gasteiger partial charge in [0.1, 0.15) is 0 Å². The second-order valence-electron chi connectivity index (χ2n) is 5.67. The molecule has 2 rings (SSSR count). The van der Waals surface area contributed by atoms with E-state index in [2.05, 4.69) is 12.2 Å². The van der Waals surface area contributed by atoms with Crippen LogP contribution in [-0.4, -0.2) is 25.3 Å². The third-order valence-corrected chi connectivity index (χ3v) is 4.18. The van der Waals surface area contributed by atoms with E-state index in [-0.39, 0.29) is 0 Å². The van der Waals surface area contributed by atoms with Crippen LogP contribution in [0.15, 0.2) is 0 Å². The largest absolute Gasteiger partial charge is 0.378 e. The smallest absolute Gasteiger partial charge is 0.0576 e. The Morgan fingerprint density at radius 1 is 1.19 bits per heavy atom. The minimum Gasteiger partial charge on any atom is -0.378 e. The topological polar surface area (TPSA) is 21.3 Å². The molecular weight excluding hydrogens is 198 g/mol. The van der Waals surface area contributed by atoms with Gasteiger partial charge in [-0.25, -0.2) is 0 Å². The predicted molar refractivity (Wildman–Crippen MR) is 67.6 cm³/mol. The Hall–Kier alpha value is -0.0800. The zero-order valence-corrected chi connectivity index (χ0v) is 10.7. The molecule has 1 heterocycles. The molecule has 0 aromatic rings. The summed E-state index contributed by atoms with van der Waals surface area (Å²) < 4.78 is 5.65. The fourth-order valence-electron chi connectivity index (χ4n) is 2.99. The van der Waals surface area contributed by atoms with Gasteiger partial charge in [0.2, 0.25) is 0 Å². The number of nitrogens with one attached hydrogen (secondary N) is 1. The maximum atomic E-state index is 5.65. The lowest BCUT2D eigenvalue weighted by atomic mass is 10.1. The first-order valence-electron chi connectivity index (χ1n) is 7.19. The van der Waals surface area contributed by atoms with Gasteiger partial charge in [0.15, 0.2) is 0 Å². The lowest BCUT2D eigenvalue weighted by molar-refractivity contribution is 0.0999. The van der Waals surface area contributed by atoms with Gasteiger partial charge in [0, 0.05) is 12.6 Å². The Labute approximate surface area is 100 Å². The summed E-state index contributed by atoms with van der Waals surface area (Å²) in [5, 5.41) is 3.69. The molecule has 0 aromatic carbocycles. The summed E-state index contributed by atoms with van der Waals surface area (Å²) in [4.78, 5) is 0. The molecule has 2 heteroatoms. The van der Waals surface area contributed by atoms with Crippen molar-refractivity contribution in [1.29, 1.82) is 0 Å². The van der Waals surface area contributed by atoms with E-state index in [9.17, 15) is 0 Å². The maximum Gasteiger partial charge on any atom is 0.0576 e. The minimum absolute atomic E-state index is 0.565. The van der Waals surface area contributed by atoms with Crippen molar-refractivity contribution in [2.75, 3.05) is 13.2 Å². The molecule has 0 amide bonds. The van der Waals surface area contributed by atoms with Gasteiger partial charge in [-0.1, -0.05) is 12.8 Å². The van der Waals surface area contributed by atoms with Crippen LogP contribution in [0.4, 0.5) is 0 Å². The number of hydrogen-bond donors (Lipinski definition) is 1. The average Bonchev–Trinajstić information content (AvgIpc) is 2.96. The zero-order valence-electron chi connectivity index (χ0n) is 10.7. The van der Waals surface area contributed by atoms with Gasteiger partial charge in [0.25, 0.3) is 0 Å². The standard InChI is InChI=1S/C14H27NO/c1-12(8-9-14-7-4-10-16-14)15-11-13-5-2-3-6-13/h12-15H,2-11H2,1H3. The fourth-order valence-corrected chi connectivity index (χ4v) is 2.99. The Balaban J connectivity index is 1.51. The molecule has 94 valence electrons. The second-order valence-corrected chi connectivity index (χ2v) is 5.67. The molecule has 2 nitrogen and oxygen atoms in total. The first kappa shape index (κ1) is 12.4. The van der Waals surface area contributed by atoms with Gasteiger partial charge < -0.3 is 10.1 Å². The van der Waals surface area contributed by atoms with Crippen molar-refractivity contribution in [3.63, 3.8) is 0 Å². The van der Waals surface area contributed by atoms with E-state index in [0.29, 0.717) is 12.1 Å². The average molecular weight is 225 g/mol. The van der Waals surface area contributed by atoms with Crippen molar-refractivity contribution in [3.8, 4) is 0 Å². The highest BCUT2D eigenvalue weighted by molar-refractivity contribution is 4.73. The Kier molecular flexibility index (Phi) is 5.11. The lowest BCUT2D eigenvalue weighted by Gasteiger charge is -2.18. The third kappa shape index (κ3) is 4.06. The van der Waals surface area contributed by atoms with Crippen molar-refractivity contribution >= 4 is 0 Å². The first-order valence-corrected chi connectivity index (χ1v) is 7.19. The highest BCUT2D eigenvalue weighted by atomic mass is 16.5. The third-order valence-electron chi connectivity index (χ3n) is 4.18. The molecule has 0 spiro atoms. The van der Waals surface area contributed by atoms with Crippen LogP contribution in [0.1, 0.15) is 58.3 Å². The molecule has 2 atom stereocenters. The van der Waals surface area contributed by atoms with Crippen molar-refractivity contribution in [1.82, 2.24) is 5.32 Å². The highest BCUT2D eigenvalue weighted by Gasteiger charge is 2.18. The maximum absolute atomic E-state index is 5.65. The second kappa shape index (κ2) is 6.61. The molecule has 2 fully saturated rings. The minimum atomic E-state index is 0.565. The van der Waals surface area contributed by atoms with Crippen molar-refractivity contribution in [2.45, 2.75) is 70.4 Å². The predicted octanol–water partition coefficient (Wildman–Crippen LogP) is 3.11. The summed E-state index contributed by atoms with van der Waals surface area (Å²) in [7, 11) is 0. The van der Waals surface area contributed by atoms with Crippen molar-refractivity contribution in [3.05, 3.63) is 0 Å². The summed E-state index contributed by atoms with van der Waals surface area (Å²) in [6.07, 6.45) is 11.5. The van der Waals surface area contributed by atoms with E-state index in [1.54, 1.807) is 0 Å². The molecule has 1 N–H and O–H groups in total. The van der Waals surface area contributed by atoms with Crippen LogP contribution < -0.4 is 5.32 Å². The Bertz CT molecular complexity index is 163. The zero-order chi connectivity index (χ0) is 11.2. The van der Waals surface area contributed by atoms with E-state index in [1.807, 2.05) is 0 Å². The number of ether oxygens (including phenoxy) is 1. The Morgan fingerprint density at radius 2 is 2.00 bits per heavy atom. The van der Waals surface area contributed by atoms with Crippen LogP contribution >= 0.6 is 0 Å². The van der Waals surface area contributed by atoms with Crippen molar-refractivity contribution in [2.24, 2.45) is 5.92 Å². The van der Waals surface area contributed by atoms with Crippen LogP contribution in [0, 0.1) is 5.92 Å². The van der Waals surface area contributed by atoms with E-state index < -0.39 is 0 Å². The molecule has 2 aliphatic rings. The van der Waals surface area contributed by atoms with E-state index >= 15 is 0 Å². The molecule has 1 aliphatic carbocycles. The summed E-state index contributed by atoms with van der Waals surface area (Å²) in [5.74, 6) is 0.963. The van der Waals surface area contributed by atoms with Crippen molar-refractivity contribution < 1.29 is 4.74 Å². The highest BCUT2D eigenvalue weighted by Crippen LogP contribution is 2.24. The van der Waals surface area contributed by atoms with Gasteiger partial charge in [-0.3, -0.25) is 0 Å². The van der Waals surface area contributed by atoms with Crippen LogP contribution in [0.5, 0.6) is 0 Å². The quantitative estimate of drug-likeness (QED) is 0.750. The first-order chi connectivity index (χ1) is 7.84. The molecule has 0 radical (unpaired) electrons. The van der Waals surface area contributed by atoms with Crippen LogP contribution in [-0.2, 0) is 4.74 Å². The molecule has 0 bridgehead atoms. The van der Waals surface area contributed by atoms with Crippen LogP contribution in [0.3, 0.4) is 0 Å². The van der Waals surface area contributed by atoms with E-state index in [0.717, 1.165) is 12.5 Å². The van der Waals surface area contributed by atoms with Gasteiger partial charge in [-0.2, -0.15) is 0 Å². The molecule has 1 saturated carbocycles. The number of hydrogen-bond acceptors (Lipinski definition) is 2. The van der Waals surface area contributed by atoms with Gasteiger partial charge in [0.05, 0.1) is 6.10 Å². The SMILES string of the molecule is CC(CCC1CCCO1)NCC1CCCC1.